The van der Waals surface area contributed by atoms with Crippen LogP contribution in [0.1, 0.15) is 46.6 Å². The van der Waals surface area contributed by atoms with Gasteiger partial charge in [0.05, 0.1) is 0 Å². The van der Waals surface area contributed by atoms with Crippen molar-refractivity contribution >= 4 is 5.57 Å². The van der Waals surface area contributed by atoms with Gasteiger partial charge in [0.25, 0.3) is 0 Å². The van der Waals surface area contributed by atoms with Crippen LogP contribution >= 0.6 is 0 Å². The molecule has 1 unspecified atom stereocenters. The maximum atomic E-state index is 4.45. The van der Waals surface area contributed by atoms with Gasteiger partial charge >= 0.3 is 0 Å². The summed E-state index contributed by atoms with van der Waals surface area (Å²) in [5, 5.41) is 0. The van der Waals surface area contributed by atoms with Crippen molar-refractivity contribution in [3.63, 3.8) is 0 Å². The molecule has 1 saturated carbocycles. The van der Waals surface area contributed by atoms with Gasteiger partial charge in [0.2, 0.25) is 0 Å². The highest BCUT2D eigenvalue weighted by Crippen LogP contribution is 2.46. The number of hydrogen-bond donors (Lipinski definition) is 0. The van der Waals surface area contributed by atoms with E-state index in [2.05, 4.69) is 94.6 Å². The Kier molecular flexibility index (Phi) is 4.81. The van der Waals surface area contributed by atoms with Crippen molar-refractivity contribution in [1.29, 1.82) is 0 Å². The van der Waals surface area contributed by atoms with Gasteiger partial charge < -0.3 is 0 Å². The molecule has 0 heterocycles. The molecule has 0 saturated heterocycles. The van der Waals surface area contributed by atoms with Crippen LogP contribution in [-0.2, 0) is 0 Å². The van der Waals surface area contributed by atoms with E-state index in [0.29, 0.717) is 0 Å². The molecule has 0 aliphatic heterocycles. The smallest absolute Gasteiger partial charge is 0.0296 e. The largest absolute Gasteiger partial charge is 0.0986 e. The number of benzene rings is 2. The van der Waals surface area contributed by atoms with E-state index in [1.165, 1.54) is 55.7 Å². The van der Waals surface area contributed by atoms with Crippen LogP contribution in [0.4, 0.5) is 0 Å². The SMILES string of the molecule is C=C1CC(=CC2=CC=C(c3cccc(C)c3C)C2)C(=C)C1c1cccc(C)c1. The van der Waals surface area contributed by atoms with E-state index in [0.717, 1.165) is 12.8 Å². The van der Waals surface area contributed by atoms with E-state index in [1.807, 2.05) is 0 Å². The Morgan fingerprint density at radius 1 is 0.929 bits per heavy atom. The lowest BCUT2D eigenvalue weighted by Crippen LogP contribution is -1.97. The van der Waals surface area contributed by atoms with E-state index < -0.39 is 0 Å². The summed E-state index contributed by atoms with van der Waals surface area (Å²) in [7, 11) is 0. The molecular weight excluding hydrogens is 336 g/mol. The minimum atomic E-state index is 0.250. The molecule has 2 aliphatic carbocycles. The molecule has 1 atom stereocenters. The second-order valence-corrected chi connectivity index (χ2v) is 8.23. The van der Waals surface area contributed by atoms with Crippen LogP contribution in [0.15, 0.2) is 96.1 Å². The third kappa shape index (κ3) is 3.36. The molecule has 140 valence electrons. The third-order valence-corrected chi connectivity index (χ3v) is 6.17. The first-order chi connectivity index (χ1) is 13.4. The Balaban J connectivity index is 1.54. The van der Waals surface area contributed by atoms with E-state index in [1.54, 1.807) is 0 Å². The Morgan fingerprint density at radius 3 is 2.50 bits per heavy atom. The topological polar surface area (TPSA) is 0 Å². The van der Waals surface area contributed by atoms with Crippen molar-refractivity contribution in [1.82, 2.24) is 0 Å². The summed E-state index contributed by atoms with van der Waals surface area (Å²) in [5.74, 6) is 0.250. The van der Waals surface area contributed by atoms with Crippen molar-refractivity contribution in [2.24, 2.45) is 0 Å². The zero-order valence-electron chi connectivity index (χ0n) is 17.2. The lowest BCUT2D eigenvalue weighted by atomic mass is 9.90. The molecule has 0 amide bonds. The van der Waals surface area contributed by atoms with Gasteiger partial charge in [-0.15, -0.1) is 0 Å². The second kappa shape index (κ2) is 7.28. The maximum absolute atomic E-state index is 4.45. The van der Waals surface area contributed by atoms with Gasteiger partial charge in [0.15, 0.2) is 0 Å². The van der Waals surface area contributed by atoms with Crippen LogP contribution in [-0.4, -0.2) is 0 Å². The molecule has 0 aromatic heterocycles. The molecule has 28 heavy (non-hydrogen) atoms. The Hall–Kier alpha value is -2.86. The summed E-state index contributed by atoms with van der Waals surface area (Å²) in [6.07, 6.45) is 8.80. The van der Waals surface area contributed by atoms with E-state index in [9.17, 15) is 0 Å². The van der Waals surface area contributed by atoms with Gasteiger partial charge in [0, 0.05) is 5.92 Å². The van der Waals surface area contributed by atoms with E-state index in [4.69, 9.17) is 0 Å². The molecule has 0 radical (unpaired) electrons. The van der Waals surface area contributed by atoms with Crippen molar-refractivity contribution in [2.45, 2.75) is 39.5 Å². The molecule has 0 heteroatoms. The van der Waals surface area contributed by atoms with Crippen molar-refractivity contribution in [3.05, 3.63) is 124 Å². The van der Waals surface area contributed by atoms with E-state index in [-0.39, 0.29) is 5.92 Å². The third-order valence-electron chi connectivity index (χ3n) is 6.17. The molecule has 1 fully saturated rings. The number of hydrogen-bond acceptors (Lipinski definition) is 0. The van der Waals surface area contributed by atoms with Crippen LogP contribution < -0.4 is 0 Å². The molecular formula is C28H28. The van der Waals surface area contributed by atoms with Crippen molar-refractivity contribution in [3.8, 4) is 0 Å². The Labute approximate surface area is 169 Å². The first kappa shape index (κ1) is 18.5. The Morgan fingerprint density at radius 2 is 1.71 bits per heavy atom. The number of aryl methyl sites for hydroxylation is 2. The fraction of sp³-hybridized carbons (Fsp3) is 0.214. The zero-order valence-corrected chi connectivity index (χ0v) is 17.2. The highest BCUT2D eigenvalue weighted by atomic mass is 14.3. The fourth-order valence-corrected chi connectivity index (χ4v) is 4.47. The van der Waals surface area contributed by atoms with Gasteiger partial charge in [0.1, 0.15) is 0 Å². The number of rotatable bonds is 3. The minimum Gasteiger partial charge on any atom is -0.0986 e. The summed E-state index contributed by atoms with van der Waals surface area (Å²) in [6.45, 7) is 15.4. The number of allylic oxidation sites excluding steroid dienone is 8. The summed E-state index contributed by atoms with van der Waals surface area (Å²) in [4.78, 5) is 0. The lowest BCUT2D eigenvalue weighted by molar-refractivity contribution is 0.996. The van der Waals surface area contributed by atoms with Gasteiger partial charge in [-0.1, -0.05) is 85.0 Å². The highest BCUT2D eigenvalue weighted by molar-refractivity contribution is 5.76. The van der Waals surface area contributed by atoms with Gasteiger partial charge in [-0.3, -0.25) is 0 Å². The summed E-state index contributed by atoms with van der Waals surface area (Å²) in [6, 6.07) is 15.3. The van der Waals surface area contributed by atoms with Crippen molar-refractivity contribution in [2.75, 3.05) is 0 Å². The van der Waals surface area contributed by atoms with Crippen molar-refractivity contribution < 1.29 is 0 Å². The predicted molar refractivity (Wildman–Crippen MR) is 121 cm³/mol. The first-order valence-electron chi connectivity index (χ1n) is 10.0. The zero-order chi connectivity index (χ0) is 19.8. The second-order valence-electron chi connectivity index (χ2n) is 8.23. The monoisotopic (exact) mass is 364 g/mol. The summed E-state index contributed by atoms with van der Waals surface area (Å²) < 4.78 is 0. The highest BCUT2D eigenvalue weighted by Gasteiger charge is 2.29. The summed E-state index contributed by atoms with van der Waals surface area (Å²) in [5.41, 5.74) is 13.3. The molecule has 0 nitrogen and oxygen atoms in total. The quantitative estimate of drug-likeness (QED) is 0.493. The average molecular weight is 365 g/mol. The first-order valence-corrected chi connectivity index (χ1v) is 10.0. The van der Waals surface area contributed by atoms with Crippen LogP contribution in [0.5, 0.6) is 0 Å². The van der Waals surface area contributed by atoms with Gasteiger partial charge in [-0.25, -0.2) is 0 Å². The lowest BCUT2D eigenvalue weighted by Gasteiger charge is -2.14. The standard InChI is InChI=1S/C28H28/c1-18-8-6-10-25(14-18)28-20(3)15-26(22(28)5)17-23-12-13-24(16-23)27-11-7-9-19(2)21(27)4/h6-14,17,28H,3,5,15-16H2,1-2,4H3. The average Bonchev–Trinajstić information content (AvgIpc) is 3.22. The molecule has 0 bridgehead atoms. The normalized spacial score (nSPS) is 20.7. The van der Waals surface area contributed by atoms with Crippen LogP contribution in [0.25, 0.3) is 5.57 Å². The molecule has 2 aliphatic rings. The minimum absolute atomic E-state index is 0.250. The molecule has 2 aromatic carbocycles. The van der Waals surface area contributed by atoms with Crippen LogP contribution in [0.2, 0.25) is 0 Å². The molecule has 0 spiro atoms. The molecule has 4 rings (SSSR count). The Bertz CT molecular complexity index is 1070. The predicted octanol–water partition coefficient (Wildman–Crippen LogP) is 7.55. The van der Waals surface area contributed by atoms with Gasteiger partial charge in [-0.2, -0.15) is 0 Å². The summed E-state index contributed by atoms with van der Waals surface area (Å²) >= 11 is 0. The maximum Gasteiger partial charge on any atom is 0.0296 e. The van der Waals surface area contributed by atoms with E-state index >= 15 is 0 Å². The van der Waals surface area contributed by atoms with Gasteiger partial charge in [-0.05, 0) is 78.2 Å². The fourth-order valence-electron chi connectivity index (χ4n) is 4.47. The van der Waals surface area contributed by atoms with Crippen LogP contribution in [0.3, 0.4) is 0 Å². The molecule has 0 N–H and O–H groups in total. The van der Waals surface area contributed by atoms with Crippen LogP contribution in [0, 0.1) is 20.8 Å². The molecule has 2 aromatic rings.